The minimum Gasteiger partial charge on any atom is -0.383 e. The lowest BCUT2D eigenvalue weighted by atomic mass is 10.5. The van der Waals surface area contributed by atoms with Gasteiger partial charge in [-0.2, -0.15) is 9.40 Å². The molecule has 122 valence electrons. The van der Waals surface area contributed by atoms with Gasteiger partial charge in [0.2, 0.25) is 10.0 Å². The number of rotatable bonds is 10. The van der Waals surface area contributed by atoms with E-state index in [1.807, 2.05) is 6.92 Å². The van der Waals surface area contributed by atoms with Crippen molar-refractivity contribution < 1.29 is 17.9 Å². The molecule has 0 amide bonds. The Kier molecular flexibility index (Phi) is 7.09. The van der Waals surface area contributed by atoms with Crippen molar-refractivity contribution in [2.45, 2.75) is 24.8 Å². The van der Waals surface area contributed by atoms with Crippen LogP contribution in [0.3, 0.4) is 0 Å². The minimum atomic E-state index is -3.71. The van der Waals surface area contributed by atoms with Gasteiger partial charge in [-0.3, -0.25) is 4.68 Å². The summed E-state index contributed by atoms with van der Waals surface area (Å²) >= 11 is 0. The number of sulfonamides is 1. The lowest BCUT2D eigenvalue weighted by Crippen LogP contribution is -2.36. The molecule has 1 heterocycles. The first-order valence-electron chi connectivity index (χ1n) is 6.78. The molecule has 0 atom stereocenters. The van der Waals surface area contributed by atoms with Crippen molar-refractivity contribution in [3.63, 3.8) is 0 Å². The summed E-state index contributed by atoms with van der Waals surface area (Å²) in [5.41, 5.74) is 5.75. The van der Waals surface area contributed by atoms with E-state index >= 15 is 0 Å². The Hall–Kier alpha value is -1.16. The van der Waals surface area contributed by atoms with Crippen molar-refractivity contribution in [1.82, 2.24) is 14.1 Å². The number of aromatic nitrogens is 2. The van der Waals surface area contributed by atoms with Crippen LogP contribution < -0.4 is 5.73 Å². The first kappa shape index (κ1) is 17.9. The second-order valence-corrected chi connectivity index (χ2v) is 6.44. The van der Waals surface area contributed by atoms with E-state index in [0.717, 1.165) is 6.42 Å². The highest BCUT2D eigenvalue weighted by atomic mass is 32.2. The number of hydrogen-bond acceptors (Lipinski definition) is 6. The maximum Gasteiger partial charge on any atom is 0.248 e. The topological polar surface area (TPSA) is 99.7 Å². The molecular weight excluding hydrogens is 296 g/mol. The van der Waals surface area contributed by atoms with Crippen molar-refractivity contribution >= 4 is 15.8 Å². The lowest BCUT2D eigenvalue weighted by Gasteiger charge is -2.20. The molecule has 1 aromatic rings. The summed E-state index contributed by atoms with van der Waals surface area (Å²) in [7, 11) is -0.664. The first-order chi connectivity index (χ1) is 9.97. The molecule has 8 nitrogen and oxygen atoms in total. The molecule has 0 aromatic carbocycles. The van der Waals surface area contributed by atoms with Crippen LogP contribution in [-0.4, -0.2) is 63.0 Å². The molecule has 0 spiro atoms. The van der Waals surface area contributed by atoms with Crippen LogP contribution in [0.4, 0.5) is 5.82 Å². The summed E-state index contributed by atoms with van der Waals surface area (Å²) < 4.78 is 38.1. The van der Waals surface area contributed by atoms with Crippen LogP contribution in [-0.2, 0) is 26.0 Å². The number of nitrogens with zero attached hydrogens (tertiary/aromatic N) is 3. The van der Waals surface area contributed by atoms with Crippen LogP contribution in [0, 0.1) is 0 Å². The van der Waals surface area contributed by atoms with Crippen molar-refractivity contribution in [2.24, 2.45) is 0 Å². The highest BCUT2D eigenvalue weighted by Crippen LogP contribution is 2.21. The standard InChI is InChI=1S/C12H24N4O4S/c1-4-5-15-10-11(12(13)14-15)21(17,18)16(6-8-19-2)7-9-20-3/h10H,4-9H2,1-3H3,(H2,13,14). The third-order valence-electron chi connectivity index (χ3n) is 2.92. The molecule has 0 aliphatic rings. The zero-order chi connectivity index (χ0) is 15.9. The molecule has 0 bridgehead atoms. The highest BCUT2D eigenvalue weighted by molar-refractivity contribution is 7.89. The van der Waals surface area contributed by atoms with Gasteiger partial charge in [0.25, 0.3) is 0 Å². The number of anilines is 1. The Morgan fingerprint density at radius 1 is 1.29 bits per heavy atom. The van der Waals surface area contributed by atoms with Crippen molar-refractivity contribution in [3.8, 4) is 0 Å². The van der Waals surface area contributed by atoms with Crippen LogP contribution in [0.5, 0.6) is 0 Å². The Morgan fingerprint density at radius 3 is 2.33 bits per heavy atom. The summed E-state index contributed by atoms with van der Waals surface area (Å²) in [5.74, 6) is 0.0169. The molecule has 2 N–H and O–H groups in total. The van der Waals surface area contributed by atoms with Crippen molar-refractivity contribution in [1.29, 1.82) is 0 Å². The summed E-state index contributed by atoms with van der Waals surface area (Å²) in [5, 5.41) is 4.04. The molecule has 0 aliphatic carbocycles. The number of nitrogen functional groups attached to an aromatic ring is 1. The zero-order valence-electron chi connectivity index (χ0n) is 12.8. The molecule has 21 heavy (non-hydrogen) atoms. The Morgan fingerprint density at radius 2 is 1.86 bits per heavy atom. The monoisotopic (exact) mass is 320 g/mol. The van der Waals surface area contributed by atoms with Crippen LogP contribution in [0.1, 0.15) is 13.3 Å². The summed E-state index contributed by atoms with van der Waals surface area (Å²) in [6.07, 6.45) is 2.32. The SMILES string of the molecule is CCCn1cc(S(=O)(=O)N(CCOC)CCOC)c(N)n1. The van der Waals surface area contributed by atoms with E-state index in [-0.39, 0.29) is 23.8 Å². The van der Waals surface area contributed by atoms with Gasteiger partial charge in [-0.25, -0.2) is 8.42 Å². The predicted octanol–water partition coefficient (Wildman–Crippen LogP) is 0.159. The predicted molar refractivity (Wildman–Crippen MR) is 79.4 cm³/mol. The lowest BCUT2D eigenvalue weighted by molar-refractivity contribution is 0.150. The van der Waals surface area contributed by atoms with E-state index in [0.29, 0.717) is 19.8 Å². The second-order valence-electron chi connectivity index (χ2n) is 4.53. The highest BCUT2D eigenvalue weighted by Gasteiger charge is 2.28. The van der Waals surface area contributed by atoms with Crippen molar-refractivity contribution in [2.75, 3.05) is 46.3 Å². The van der Waals surface area contributed by atoms with Gasteiger partial charge in [0.1, 0.15) is 4.90 Å². The number of nitrogens with two attached hydrogens (primary N) is 1. The smallest absolute Gasteiger partial charge is 0.248 e. The summed E-state index contributed by atoms with van der Waals surface area (Å²) in [4.78, 5) is 0.0307. The first-order valence-corrected chi connectivity index (χ1v) is 8.22. The van der Waals surface area contributed by atoms with E-state index in [4.69, 9.17) is 15.2 Å². The average Bonchev–Trinajstić information content (AvgIpc) is 2.80. The van der Waals surface area contributed by atoms with E-state index in [1.54, 1.807) is 4.68 Å². The van der Waals surface area contributed by atoms with Crippen LogP contribution in [0.25, 0.3) is 0 Å². The molecule has 0 saturated heterocycles. The normalized spacial score (nSPS) is 12.2. The summed E-state index contributed by atoms with van der Waals surface area (Å²) in [6.45, 7) is 3.67. The number of aryl methyl sites for hydroxylation is 1. The van der Waals surface area contributed by atoms with E-state index in [2.05, 4.69) is 5.10 Å². The van der Waals surface area contributed by atoms with E-state index in [1.165, 1.54) is 24.7 Å². The van der Waals surface area contributed by atoms with Gasteiger partial charge < -0.3 is 15.2 Å². The molecule has 0 aliphatic heterocycles. The van der Waals surface area contributed by atoms with Gasteiger partial charge in [-0.05, 0) is 6.42 Å². The fourth-order valence-electron chi connectivity index (χ4n) is 1.84. The number of hydrogen-bond donors (Lipinski definition) is 1. The minimum absolute atomic E-state index is 0.0169. The van der Waals surface area contributed by atoms with Crippen molar-refractivity contribution in [3.05, 3.63) is 6.20 Å². The average molecular weight is 320 g/mol. The zero-order valence-corrected chi connectivity index (χ0v) is 13.6. The maximum atomic E-state index is 12.7. The van der Waals surface area contributed by atoms with Gasteiger partial charge in [0.05, 0.1) is 13.2 Å². The van der Waals surface area contributed by atoms with Gasteiger partial charge in [-0.15, -0.1) is 0 Å². The Balaban J connectivity index is 3.03. The molecule has 0 saturated carbocycles. The summed E-state index contributed by atoms with van der Waals surface area (Å²) in [6, 6.07) is 0. The second kappa shape index (κ2) is 8.32. The van der Waals surface area contributed by atoms with Crippen LogP contribution in [0.2, 0.25) is 0 Å². The Bertz CT molecular complexity index is 521. The van der Waals surface area contributed by atoms with Crippen LogP contribution >= 0.6 is 0 Å². The third-order valence-corrected chi connectivity index (χ3v) is 4.83. The molecule has 1 aromatic heterocycles. The van der Waals surface area contributed by atoms with Gasteiger partial charge in [0, 0.05) is 40.1 Å². The van der Waals surface area contributed by atoms with Gasteiger partial charge in [0.15, 0.2) is 5.82 Å². The number of methoxy groups -OCH3 is 2. The molecule has 0 radical (unpaired) electrons. The molecule has 9 heteroatoms. The van der Waals surface area contributed by atoms with E-state index < -0.39 is 10.0 Å². The molecule has 0 fully saturated rings. The molecule has 0 unspecified atom stereocenters. The van der Waals surface area contributed by atoms with Crippen LogP contribution in [0.15, 0.2) is 11.1 Å². The fourth-order valence-corrected chi connectivity index (χ4v) is 3.31. The quantitative estimate of drug-likeness (QED) is 0.659. The fraction of sp³-hybridized carbons (Fsp3) is 0.750. The molecule has 1 rings (SSSR count). The third kappa shape index (κ3) is 4.67. The number of ether oxygens (including phenoxy) is 2. The maximum absolute atomic E-state index is 12.7. The van der Waals surface area contributed by atoms with Gasteiger partial charge in [-0.1, -0.05) is 6.92 Å². The largest absolute Gasteiger partial charge is 0.383 e. The Labute approximate surface area is 125 Å². The van der Waals surface area contributed by atoms with E-state index in [9.17, 15) is 8.42 Å². The van der Waals surface area contributed by atoms with Gasteiger partial charge >= 0.3 is 0 Å². The molecular formula is C12H24N4O4S.